The van der Waals surface area contributed by atoms with Crippen molar-refractivity contribution in [3.8, 4) is 0 Å². The van der Waals surface area contributed by atoms with E-state index in [0.29, 0.717) is 0 Å². The molecule has 384 valence electrons. The Kier molecular flexibility index (Phi) is 27.3. The minimum atomic E-state index is -1.30. The Hall–Kier alpha value is -4.72. The van der Waals surface area contributed by atoms with Gasteiger partial charge in [-0.15, -0.1) is 0 Å². The smallest absolute Gasteiger partial charge is 0.317 e. The molecule has 0 aliphatic carbocycles. The second-order valence-electron chi connectivity index (χ2n) is 16.9. The zero-order chi connectivity index (χ0) is 50.1. The quantitative estimate of drug-likeness (QED) is 0.0360. The number of β-amino-alcohol motifs (C(OH)–C–C–N with tert-alkyl or cyclic N) is 2. The highest BCUT2D eigenvalue weighted by Gasteiger charge is 2.27. The fraction of sp³-hybridized carbons (Fsp3) is 0.795. The highest BCUT2D eigenvalue weighted by Crippen LogP contribution is 2.08. The van der Waals surface area contributed by atoms with Crippen LogP contribution in [-0.4, -0.2) is 350 Å². The molecule has 67 heavy (non-hydrogen) atoms. The molecule has 28 nitrogen and oxygen atoms in total. The number of hydrogen-bond acceptors (Lipinski definition) is 20. The molecule has 10 N–H and O–H groups in total. The van der Waals surface area contributed by atoms with E-state index in [1.807, 2.05) is 0 Å². The maximum Gasteiger partial charge on any atom is 0.317 e. The van der Waals surface area contributed by atoms with Gasteiger partial charge < -0.3 is 51.1 Å². The third kappa shape index (κ3) is 28.3. The lowest BCUT2D eigenvalue weighted by Gasteiger charge is -2.36. The molecule has 0 aromatic rings. The fourth-order valence-electron chi connectivity index (χ4n) is 7.94. The molecule has 0 amide bonds. The summed E-state index contributed by atoms with van der Waals surface area (Å²) in [6, 6.07) is 0. The van der Waals surface area contributed by atoms with Crippen molar-refractivity contribution in [1.82, 2.24) is 49.0 Å². The molecule has 0 bridgehead atoms. The molecule has 2 aliphatic rings. The summed E-state index contributed by atoms with van der Waals surface area (Å²) in [5.74, 6) is -9.28. The molecule has 2 unspecified atom stereocenters. The summed E-state index contributed by atoms with van der Waals surface area (Å²) < 4.78 is 0. The van der Waals surface area contributed by atoms with E-state index in [-0.39, 0.29) is 177 Å². The van der Waals surface area contributed by atoms with Crippen molar-refractivity contribution in [2.45, 2.75) is 12.2 Å². The van der Waals surface area contributed by atoms with Crippen LogP contribution in [0, 0.1) is 0 Å². The monoisotopic (exact) mass is 966 g/mol. The lowest BCUT2D eigenvalue weighted by Crippen LogP contribution is -2.52. The van der Waals surface area contributed by atoms with Gasteiger partial charge in [0.2, 0.25) is 0 Å². The first-order valence-electron chi connectivity index (χ1n) is 21.9. The Balaban J connectivity index is 2.26. The Morgan fingerprint density at radius 3 is 0.657 bits per heavy atom. The number of carboxylic acids is 8. The molecular formula is C39H70N10O18. The molecule has 2 rings (SSSR count). The van der Waals surface area contributed by atoms with E-state index >= 15 is 0 Å². The lowest BCUT2D eigenvalue weighted by atomic mass is 10.2. The van der Waals surface area contributed by atoms with Crippen LogP contribution in [0.1, 0.15) is 0 Å². The predicted molar refractivity (Wildman–Crippen MR) is 233 cm³/mol. The van der Waals surface area contributed by atoms with Crippen LogP contribution in [-0.2, 0) is 38.4 Å². The van der Waals surface area contributed by atoms with Gasteiger partial charge in [0.15, 0.2) is 0 Å². The summed E-state index contributed by atoms with van der Waals surface area (Å²) >= 11 is 0. The number of carbonyl (C=O) groups is 8. The van der Waals surface area contributed by atoms with Crippen molar-refractivity contribution in [3.63, 3.8) is 0 Å². The third-order valence-corrected chi connectivity index (χ3v) is 11.0. The van der Waals surface area contributed by atoms with Crippen molar-refractivity contribution >= 4 is 47.8 Å². The normalized spacial score (nSPS) is 19.6. The number of aliphatic carboxylic acids is 8. The fourth-order valence-corrected chi connectivity index (χ4v) is 7.94. The maximum absolute atomic E-state index is 12.0. The average Bonchev–Trinajstić information content (AvgIpc) is 3.18. The molecule has 0 saturated carbocycles. The standard InChI is InChI=1S/C39H70N10O18/c50-30(17-40-1-5-42(21-32(52)53)9-13-46(25-36(60)61)14-10-43(6-2-40)22-33(54)55)19-48(27-38(64)65)29-49(28-39(66)67)20-31(51)18-41-3-7-44(23-34(56)57)11-15-47(26-37(62)63)16-12-45(8-4-41)24-35(58)59/h30-31,50-51H,1-29H2,(H,52,53)(H,54,55)(H,56,57)(H,58,59)(H,60,61)(H,62,63)(H,64,65)(H,66,67). The summed E-state index contributed by atoms with van der Waals surface area (Å²) in [6.45, 7) is -1.73. The number of carboxylic acid groups (broad SMARTS) is 8. The second-order valence-corrected chi connectivity index (χ2v) is 16.9. The summed E-state index contributed by atoms with van der Waals surface area (Å²) in [7, 11) is 0. The minimum absolute atomic E-state index is 0.0883. The number of aliphatic hydroxyl groups excluding tert-OH is 2. The van der Waals surface area contributed by atoms with E-state index in [9.17, 15) is 89.4 Å². The second kappa shape index (κ2) is 31.3. The van der Waals surface area contributed by atoms with Gasteiger partial charge in [-0.05, 0) is 0 Å². The van der Waals surface area contributed by atoms with Crippen molar-refractivity contribution in [3.05, 3.63) is 0 Å². The molecule has 2 aliphatic heterocycles. The summed E-state index contributed by atoms with van der Waals surface area (Å²) in [5, 5.41) is 99.4. The maximum atomic E-state index is 12.0. The van der Waals surface area contributed by atoms with Crippen molar-refractivity contribution < 1.29 is 89.4 Å². The van der Waals surface area contributed by atoms with Crippen LogP contribution in [0.25, 0.3) is 0 Å². The molecule has 2 heterocycles. The van der Waals surface area contributed by atoms with Crippen molar-refractivity contribution in [2.75, 3.05) is 190 Å². The Bertz CT molecular complexity index is 1430. The average molecular weight is 967 g/mol. The Morgan fingerprint density at radius 1 is 0.313 bits per heavy atom. The van der Waals surface area contributed by atoms with Crippen LogP contribution in [0.15, 0.2) is 0 Å². The van der Waals surface area contributed by atoms with Gasteiger partial charge in [0.1, 0.15) is 0 Å². The molecule has 2 saturated heterocycles. The van der Waals surface area contributed by atoms with Gasteiger partial charge in [0.25, 0.3) is 0 Å². The SMILES string of the molecule is O=C(O)CN1CCN(CC(=O)O)CCN(CC(O)CN(CC(=O)O)CN(CC(=O)O)CC(O)CN2CCN(CC(=O)O)CCN(CC(=O)O)CCN(CC(=O)O)CC2)CCN(CC(=O)O)CC1. The Morgan fingerprint density at radius 2 is 0.493 bits per heavy atom. The highest BCUT2D eigenvalue weighted by molar-refractivity contribution is 5.71. The van der Waals surface area contributed by atoms with Crippen LogP contribution in [0.4, 0.5) is 0 Å². The van der Waals surface area contributed by atoms with E-state index in [2.05, 4.69) is 0 Å². The summed E-state index contributed by atoms with van der Waals surface area (Å²) in [4.78, 5) is 110. The van der Waals surface area contributed by atoms with Crippen LogP contribution in [0.3, 0.4) is 0 Å². The first kappa shape index (κ1) is 58.4. The molecule has 2 fully saturated rings. The van der Waals surface area contributed by atoms with E-state index < -0.39 is 73.1 Å². The molecule has 2 atom stereocenters. The Labute approximate surface area is 387 Å². The van der Waals surface area contributed by atoms with Crippen LogP contribution >= 0.6 is 0 Å². The third-order valence-electron chi connectivity index (χ3n) is 11.0. The summed E-state index contributed by atoms with van der Waals surface area (Å²) in [5.41, 5.74) is 0. The molecule has 0 aromatic heterocycles. The van der Waals surface area contributed by atoms with Crippen molar-refractivity contribution in [2.24, 2.45) is 0 Å². The molecule has 0 aromatic carbocycles. The zero-order valence-electron chi connectivity index (χ0n) is 37.9. The largest absolute Gasteiger partial charge is 0.480 e. The van der Waals surface area contributed by atoms with E-state index in [1.165, 1.54) is 9.80 Å². The van der Waals surface area contributed by atoms with Gasteiger partial charge in [-0.1, -0.05) is 0 Å². The van der Waals surface area contributed by atoms with E-state index in [4.69, 9.17) is 0 Å². The van der Waals surface area contributed by atoms with Crippen molar-refractivity contribution in [1.29, 1.82) is 0 Å². The topological polar surface area (TPSA) is 371 Å². The summed E-state index contributed by atoms with van der Waals surface area (Å²) in [6.07, 6.45) is -2.53. The number of hydrogen-bond donors (Lipinski definition) is 10. The molecule has 28 heteroatoms. The molecule has 0 radical (unpaired) electrons. The van der Waals surface area contributed by atoms with Crippen LogP contribution in [0.2, 0.25) is 0 Å². The van der Waals surface area contributed by atoms with E-state index in [0.717, 1.165) is 0 Å². The number of rotatable bonds is 26. The van der Waals surface area contributed by atoms with Gasteiger partial charge in [-0.25, -0.2) is 0 Å². The lowest BCUT2D eigenvalue weighted by molar-refractivity contribution is -0.142. The first-order chi connectivity index (χ1) is 31.5. The number of nitrogens with zero attached hydrogens (tertiary/aromatic N) is 10. The minimum Gasteiger partial charge on any atom is -0.480 e. The highest BCUT2D eigenvalue weighted by atomic mass is 16.4. The van der Waals surface area contributed by atoms with E-state index in [1.54, 1.807) is 39.2 Å². The van der Waals surface area contributed by atoms with Crippen LogP contribution < -0.4 is 0 Å². The van der Waals surface area contributed by atoms with Crippen LogP contribution in [0.5, 0.6) is 0 Å². The van der Waals surface area contributed by atoms with Gasteiger partial charge in [0, 0.05) is 131 Å². The van der Waals surface area contributed by atoms with Gasteiger partial charge in [-0.3, -0.25) is 87.4 Å². The first-order valence-corrected chi connectivity index (χ1v) is 21.9. The zero-order valence-corrected chi connectivity index (χ0v) is 37.9. The predicted octanol–water partition coefficient (Wildman–Crippen LogP) is -6.61. The van der Waals surface area contributed by atoms with Gasteiger partial charge in [-0.2, -0.15) is 0 Å². The molecule has 0 spiro atoms. The van der Waals surface area contributed by atoms with Gasteiger partial charge >= 0.3 is 47.8 Å². The van der Waals surface area contributed by atoms with Gasteiger partial charge in [0.05, 0.1) is 71.2 Å². The molecular weight excluding hydrogens is 896 g/mol. The number of aliphatic hydroxyl groups is 2.